The van der Waals surface area contributed by atoms with E-state index in [0.717, 1.165) is 5.56 Å². The van der Waals surface area contributed by atoms with Crippen molar-refractivity contribution in [3.63, 3.8) is 0 Å². The van der Waals surface area contributed by atoms with E-state index in [0.29, 0.717) is 0 Å². The lowest BCUT2D eigenvalue weighted by Crippen LogP contribution is -2.24. The maximum Gasteiger partial charge on any atom is 0.115 e. The minimum absolute atomic E-state index is 0. The molecular weight excluding hydrogens is 198 g/mol. The number of nitrogens with two attached hydrogens (primary N) is 1. The molecule has 2 atom stereocenters. The molecule has 0 bridgehead atoms. The van der Waals surface area contributed by atoms with Gasteiger partial charge in [-0.05, 0) is 24.6 Å². The number of aliphatic hydroxyl groups excluding tert-OH is 1. The number of phenols is 1. The highest BCUT2D eigenvalue weighted by atomic mass is 32.1. The number of aliphatic hydroxyl groups is 1. The molecule has 1 aromatic carbocycles. The molecule has 4 N–H and O–H groups in total. The van der Waals surface area contributed by atoms with Crippen molar-refractivity contribution < 1.29 is 10.2 Å². The monoisotopic (exact) mass is 217 g/mol. The number of benzene rings is 1. The molecule has 0 aliphatic carbocycles. The summed E-state index contributed by atoms with van der Waals surface area (Å²) in [5.74, 6) is 0.190. The molecule has 82 valence electrons. The Bertz CT molecular complexity index is 249. The highest BCUT2D eigenvalue weighted by Crippen LogP contribution is 2.18. The second-order valence-electron chi connectivity index (χ2n) is 2.90. The van der Waals surface area contributed by atoms with Crippen molar-refractivity contribution in [2.45, 2.75) is 26.5 Å². The zero-order chi connectivity index (χ0) is 9.14. The first-order valence-corrected chi connectivity index (χ1v) is 3.84. The summed E-state index contributed by atoms with van der Waals surface area (Å²) in [5, 5.41) is 18.4. The molecule has 1 aromatic rings. The van der Waals surface area contributed by atoms with Crippen molar-refractivity contribution in [2.24, 2.45) is 5.73 Å². The summed E-state index contributed by atoms with van der Waals surface area (Å²) in [6, 6.07) is 6.07. The van der Waals surface area contributed by atoms with E-state index in [1.54, 1.807) is 19.1 Å². The van der Waals surface area contributed by atoms with E-state index in [4.69, 9.17) is 10.8 Å². The van der Waals surface area contributed by atoms with Crippen LogP contribution in [-0.2, 0) is 0 Å². The summed E-state index contributed by atoms with van der Waals surface area (Å²) in [5.41, 5.74) is 6.22. The molecule has 1 rings (SSSR count). The summed E-state index contributed by atoms with van der Waals surface area (Å²) in [7, 11) is 0. The highest BCUT2D eigenvalue weighted by molar-refractivity contribution is 7.59. The maximum atomic E-state index is 9.48. The summed E-state index contributed by atoms with van der Waals surface area (Å²) in [4.78, 5) is 0. The Kier molecular flexibility index (Phi) is 7.54. The Morgan fingerprint density at radius 1 is 1.21 bits per heavy atom. The van der Waals surface area contributed by atoms with Crippen molar-refractivity contribution >= 4 is 13.5 Å². The summed E-state index contributed by atoms with van der Waals surface area (Å²) < 4.78 is 0. The molecule has 0 saturated heterocycles. The van der Waals surface area contributed by atoms with Crippen LogP contribution in [0.3, 0.4) is 0 Å². The van der Waals surface area contributed by atoms with Gasteiger partial charge in [0.25, 0.3) is 0 Å². The molecule has 4 heteroatoms. The fourth-order valence-corrected chi connectivity index (χ4v) is 0.975. The van der Waals surface area contributed by atoms with Gasteiger partial charge in [-0.2, -0.15) is 13.5 Å². The third kappa shape index (κ3) is 4.00. The van der Waals surface area contributed by atoms with E-state index >= 15 is 0 Å². The second-order valence-corrected chi connectivity index (χ2v) is 2.90. The largest absolute Gasteiger partial charge is 0.508 e. The van der Waals surface area contributed by atoms with E-state index in [2.05, 4.69) is 0 Å². The van der Waals surface area contributed by atoms with Crippen LogP contribution in [0, 0.1) is 0 Å². The normalized spacial score (nSPS) is 13.4. The first-order chi connectivity index (χ1) is 5.61. The topological polar surface area (TPSA) is 66.5 Å². The van der Waals surface area contributed by atoms with Gasteiger partial charge in [0, 0.05) is 6.04 Å². The molecular formula is C10H19NO2S. The van der Waals surface area contributed by atoms with Crippen LogP contribution in [0.4, 0.5) is 0 Å². The standard InChI is InChI=1S/C9H13NO2.CH4.H2S/c1-6(10)9(12)7-2-4-8(11)5-3-7;;/h2-6,9,11-12H,10H2,1H3;1H4;1H2. The van der Waals surface area contributed by atoms with Crippen LogP contribution in [0.25, 0.3) is 0 Å². The van der Waals surface area contributed by atoms with Crippen molar-refractivity contribution in [1.82, 2.24) is 0 Å². The number of aromatic hydroxyl groups is 1. The SMILES string of the molecule is C.CC(N)C(O)c1ccc(O)cc1.S. The van der Waals surface area contributed by atoms with E-state index < -0.39 is 6.10 Å². The Balaban J connectivity index is 0. The molecule has 0 heterocycles. The molecule has 0 amide bonds. The molecule has 0 aliphatic rings. The molecule has 2 unspecified atom stereocenters. The fraction of sp³-hybridized carbons (Fsp3) is 0.400. The second kappa shape index (κ2) is 6.70. The van der Waals surface area contributed by atoms with Gasteiger partial charge in [-0.15, -0.1) is 0 Å². The lowest BCUT2D eigenvalue weighted by atomic mass is 10.0. The van der Waals surface area contributed by atoms with E-state index in [9.17, 15) is 5.11 Å². The Morgan fingerprint density at radius 3 is 2.00 bits per heavy atom. The molecule has 0 aliphatic heterocycles. The smallest absolute Gasteiger partial charge is 0.115 e. The Labute approximate surface area is 92.0 Å². The Morgan fingerprint density at radius 2 is 1.64 bits per heavy atom. The lowest BCUT2D eigenvalue weighted by Gasteiger charge is -2.14. The predicted molar refractivity (Wildman–Crippen MR) is 63.8 cm³/mol. The van der Waals surface area contributed by atoms with Crippen LogP contribution in [0.1, 0.15) is 26.0 Å². The molecule has 0 saturated carbocycles. The quantitative estimate of drug-likeness (QED) is 0.703. The first-order valence-electron chi connectivity index (χ1n) is 3.84. The predicted octanol–water partition coefficient (Wildman–Crippen LogP) is 1.52. The van der Waals surface area contributed by atoms with Crippen LogP contribution in [0.15, 0.2) is 24.3 Å². The number of phenolic OH excluding ortho intramolecular Hbond substituents is 1. The third-order valence-electron chi connectivity index (χ3n) is 1.73. The van der Waals surface area contributed by atoms with E-state index in [1.807, 2.05) is 0 Å². The molecule has 0 radical (unpaired) electrons. The van der Waals surface area contributed by atoms with Crippen molar-refractivity contribution in [3.05, 3.63) is 29.8 Å². The van der Waals surface area contributed by atoms with Gasteiger partial charge >= 0.3 is 0 Å². The molecule has 0 aromatic heterocycles. The Hall–Kier alpha value is -0.710. The van der Waals surface area contributed by atoms with Crippen LogP contribution in [0.2, 0.25) is 0 Å². The van der Waals surface area contributed by atoms with E-state index in [-0.39, 0.29) is 32.7 Å². The molecule has 0 spiro atoms. The fourth-order valence-electron chi connectivity index (χ4n) is 0.975. The van der Waals surface area contributed by atoms with Gasteiger partial charge in [-0.3, -0.25) is 0 Å². The van der Waals surface area contributed by atoms with E-state index in [1.165, 1.54) is 12.1 Å². The van der Waals surface area contributed by atoms with Gasteiger partial charge in [0.1, 0.15) is 5.75 Å². The molecule has 0 fully saturated rings. The first kappa shape index (κ1) is 15.7. The summed E-state index contributed by atoms with van der Waals surface area (Å²) in [6.07, 6.45) is -0.661. The number of hydrogen-bond donors (Lipinski definition) is 3. The average molecular weight is 217 g/mol. The molecule has 14 heavy (non-hydrogen) atoms. The summed E-state index contributed by atoms with van der Waals surface area (Å²) >= 11 is 0. The minimum atomic E-state index is -0.661. The maximum absolute atomic E-state index is 9.48. The number of rotatable bonds is 2. The average Bonchev–Trinajstić information content (AvgIpc) is 2.04. The minimum Gasteiger partial charge on any atom is -0.508 e. The van der Waals surface area contributed by atoms with Crippen molar-refractivity contribution in [3.8, 4) is 5.75 Å². The zero-order valence-corrected chi connectivity index (χ0v) is 8.44. The van der Waals surface area contributed by atoms with Gasteiger partial charge in [0.05, 0.1) is 6.10 Å². The molecule has 3 nitrogen and oxygen atoms in total. The highest BCUT2D eigenvalue weighted by Gasteiger charge is 2.11. The number of hydrogen-bond acceptors (Lipinski definition) is 3. The van der Waals surface area contributed by atoms with Crippen molar-refractivity contribution in [2.75, 3.05) is 0 Å². The van der Waals surface area contributed by atoms with Crippen LogP contribution in [0.5, 0.6) is 5.75 Å². The van der Waals surface area contributed by atoms with Crippen LogP contribution < -0.4 is 5.73 Å². The van der Waals surface area contributed by atoms with Crippen LogP contribution >= 0.6 is 13.5 Å². The lowest BCUT2D eigenvalue weighted by molar-refractivity contribution is 0.153. The van der Waals surface area contributed by atoms with Gasteiger partial charge in [0.2, 0.25) is 0 Å². The van der Waals surface area contributed by atoms with Gasteiger partial charge < -0.3 is 15.9 Å². The zero-order valence-electron chi connectivity index (χ0n) is 7.44. The van der Waals surface area contributed by atoms with Gasteiger partial charge in [0.15, 0.2) is 0 Å². The third-order valence-corrected chi connectivity index (χ3v) is 1.73. The van der Waals surface area contributed by atoms with Crippen LogP contribution in [-0.4, -0.2) is 16.3 Å². The summed E-state index contributed by atoms with van der Waals surface area (Å²) in [6.45, 7) is 1.73. The van der Waals surface area contributed by atoms with Crippen molar-refractivity contribution in [1.29, 1.82) is 0 Å². The van der Waals surface area contributed by atoms with Gasteiger partial charge in [-0.1, -0.05) is 19.6 Å². The van der Waals surface area contributed by atoms with Gasteiger partial charge in [-0.25, -0.2) is 0 Å².